The number of fused-ring (bicyclic) bond motifs is 3. The Morgan fingerprint density at radius 3 is 2.71 bits per heavy atom. The predicted octanol–water partition coefficient (Wildman–Crippen LogP) is 4.15. The van der Waals surface area contributed by atoms with Crippen LogP contribution in [0.1, 0.15) is 48.1 Å². The number of anilines is 1. The van der Waals surface area contributed by atoms with E-state index >= 15 is 0 Å². The largest absolute Gasteiger partial charge is 0.324 e. The Balaban J connectivity index is 1.78. The summed E-state index contributed by atoms with van der Waals surface area (Å²) >= 11 is 1.65. The molecule has 31 heavy (non-hydrogen) atoms. The van der Waals surface area contributed by atoms with Crippen LogP contribution in [0, 0.1) is 12.8 Å². The van der Waals surface area contributed by atoms with E-state index in [1.54, 1.807) is 22.8 Å². The molecule has 2 unspecified atom stereocenters. The minimum atomic E-state index is -0.668. The van der Waals surface area contributed by atoms with Crippen LogP contribution in [0.5, 0.6) is 0 Å². The van der Waals surface area contributed by atoms with Gasteiger partial charge in [-0.2, -0.15) is 0 Å². The normalized spacial score (nSPS) is 17.0. The number of rotatable bonds is 5. The minimum Gasteiger partial charge on any atom is -0.324 e. The highest BCUT2D eigenvalue weighted by molar-refractivity contribution is 7.18. The van der Waals surface area contributed by atoms with Gasteiger partial charge in [-0.25, -0.2) is 4.98 Å². The maximum atomic E-state index is 13.7. The van der Waals surface area contributed by atoms with E-state index in [0.29, 0.717) is 23.7 Å². The van der Waals surface area contributed by atoms with Crippen LogP contribution in [0.15, 0.2) is 29.1 Å². The third-order valence-electron chi connectivity index (χ3n) is 5.98. The number of carbonyl (C=O) groups is 1. The average molecular weight is 439 g/mol. The molecule has 1 aliphatic carbocycles. The zero-order valence-corrected chi connectivity index (χ0v) is 19.7. The smallest absolute Gasteiger partial charge is 0.263 e. The number of amides is 1. The van der Waals surface area contributed by atoms with Gasteiger partial charge in [0, 0.05) is 10.6 Å². The number of nitrogens with zero attached hydrogens (tertiary/aromatic N) is 3. The third-order valence-corrected chi connectivity index (χ3v) is 7.13. The first-order valence-corrected chi connectivity index (χ1v) is 11.6. The SMILES string of the molecule is Cc1ccc(NC(=O)C(C)n2c(CN(C)C)nc3sc4c(c3c2=O)CCC(C)C4)cc1. The van der Waals surface area contributed by atoms with E-state index in [9.17, 15) is 9.59 Å². The molecular formula is C24H30N4O2S. The summed E-state index contributed by atoms with van der Waals surface area (Å²) in [4.78, 5) is 35.8. The summed E-state index contributed by atoms with van der Waals surface area (Å²) in [5.41, 5.74) is 2.90. The van der Waals surface area contributed by atoms with Crippen LogP contribution < -0.4 is 10.9 Å². The molecule has 164 valence electrons. The Morgan fingerprint density at radius 1 is 1.32 bits per heavy atom. The average Bonchev–Trinajstić information content (AvgIpc) is 3.06. The molecule has 1 amide bonds. The van der Waals surface area contributed by atoms with Crippen LogP contribution in [-0.2, 0) is 24.2 Å². The molecular weight excluding hydrogens is 408 g/mol. The molecule has 4 rings (SSSR count). The van der Waals surface area contributed by atoms with Crippen molar-refractivity contribution in [2.24, 2.45) is 5.92 Å². The Morgan fingerprint density at radius 2 is 2.03 bits per heavy atom. The van der Waals surface area contributed by atoms with Crippen molar-refractivity contribution in [1.82, 2.24) is 14.5 Å². The molecule has 0 radical (unpaired) electrons. The van der Waals surface area contributed by atoms with Gasteiger partial charge in [0.25, 0.3) is 5.56 Å². The molecule has 1 aromatic carbocycles. The standard InChI is InChI=1S/C24H30N4O2S/c1-14-6-9-17(10-7-14)25-22(29)16(3)28-20(13-27(4)5)26-23-21(24(28)30)18-11-8-15(2)12-19(18)31-23/h6-7,9-10,15-16H,8,11-13H2,1-5H3,(H,25,29). The van der Waals surface area contributed by atoms with Crippen molar-refractivity contribution in [2.75, 3.05) is 19.4 Å². The Bertz CT molecular complexity index is 1180. The van der Waals surface area contributed by atoms with Gasteiger partial charge in [0.1, 0.15) is 16.7 Å². The second kappa shape index (κ2) is 8.55. The van der Waals surface area contributed by atoms with Crippen molar-refractivity contribution in [3.05, 3.63) is 56.4 Å². The fraction of sp³-hybridized carbons (Fsp3) is 0.458. The van der Waals surface area contributed by atoms with Crippen molar-refractivity contribution in [2.45, 2.75) is 52.6 Å². The highest BCUT2D eigenvalue weighted by Gasteiger charge is 2.27. The number of benzene rings is 1. The first-order valence-electron chi connectivity index (χ1n) is 10.8. The fourth-order valence-electron chi connectivity index (χ4n) is 4.24. The van der Waals surface area contributed by atoms with Gasteiger partial charge in [-0.3, -0.25) is 14.2 Å². The number of nitrogens with one attached hydrogen (secondary N) is 1. The van der Waals surface area contributed by atoms with Gasteiger partial charge >= 0.3 is 0 Å². The molecule has 1 N–H and O–H groups in total. The number of thiophene rings is 1. The van der Waals surface area contributed by atoms with E-state index in [2.05, 4.69) is 12.2 Å². The van der Waals surface area contributed by atoms with Gasteiger partial charge in [0.2, 0.25) is 5.91 Å². The Labute approximate surface area is 186 Å². The number of aromatic nitrogens is 2. The van der Waals surface area contributed by atoms with E-state index in [-0.39, 0.29) is 11.5 Å². The molecule has 0 spiro atoms. The maximum Gasteiger partial charge on any atom is 0.263 e. The molecule has 7 heteroatoms. The molecule has 3 aromatic rings. The number of hydrogen-bond donors (Lipinski definition) is 1. The van der Waals surface area contributed by atoms with Crippen molar-refractivity contribution in [3.63, 3.8) is 0 Å². The predicted molar refractivity (Wildman–Crippen MR) is 127 cm³/mol. The molecule has 0 aliphatic heterocycles. The minimum absolute atomic E-state index is 0.0968. The highest BCUT2D eigenvalue weighted by atomic mass is 32.1. The van der Waals surface area contributed by atoms with E-state index in [1.165, 1.54) is 4.88 Å². The van der Waals surface area contributed by atoms with Gasteiger partial charge < -0.3 is 10.2 Å². The van der Waals surface area contributed by atoms with Crippen molar-refractivity contribution in [3.8, 4) is 0 Å². The molecule has 0 saturated carbocycles. The zero-order chi connectivity index (χ0) is 22.3. The van der Waals surface area contributed by atoms with Gasteiger partial charge in [-0.15, -0.1) is 11.3 Å². The van der Waals surface area contributed by atoms with E-state index < -0.39 is 6.04 Å². The first-order chi connectivity index (χ1) is 14.7. The lowest BCUT2D eigenvalue weighted by Crippen LogP contribution is -2.36. The molecule has 0 fully saturated rings. The summed E-state index contributed by atoms with van der Waals surface area (Å²) in [5, 5.41) is 3.66. The van der Waals surface area contributed by atoms with Crippen molar-refractivity contribution >= 4 is 33.1 Å². The Hall–Kier alpha value is -2.51. The van der Waals surface area contributed by atoms with Crippen LogP contribution >= 0.6 is 11.3 Å². The van der Waals surface area contributed by atoms with Gasteiger partial charge in [-0.05, 0) is 70.8 Å². The van der Waals surface area contributed by atoms with Crippen LogP contribution in [-0.4, -0.2) is 34.5 Å². The summed E-state index contributed by atoms with van der Waals surface area (Å²) in [6.07, 6.45) is 2.99. The first kappa shape index (κ1) is 21.7. The van der Waals surface area contributed by atoms with Crippen LogP contribution in [0.4, 0.5) is 5.69 Å². The van der Waals surface area contributed by atoms with Crippen LogP contribution in [0.3, 0.4) is 0 Å². The summed E-state index contributed by atoms with van der Waals surface area (Å²) in [5.74, 6) is 1.04. The van der Waals surface area contributed by atoms with Crippen LogP contribution in [0.25, 0.3) is 10.2 Å². The topological polar surface area (TPSA) is 67.2 Å². The maximum absolute atomic E-state index is 13.7. The zero-order valence-electron chi connectivity index (χ0n) is 18.9. The summed E-state index contributed by atoms with van der Waals surface area (Å²) in [6.45, 7) is 6.53. The lowest BCUT2D eigenvalue weighted by atomic mass is 9.89. The molecule has 2 heterocycles. The second-order valence-corrected chi connectivity index (χ2v) is 10.1. The molecule has 6 nitrogen and oxygen atoms in total. The lowest BCUT2D eigenvalue weighted by Gasteiger charge is -2.21. The quantitative estimate of drug-likeness (QED) is 0.650. The monoisotopic (exact) mass is 438 g/mol. The van der Waals surface area contributed by atoms with Gasteiger partial charge in [-0.1, -0.05) is 24.6 Å². The summed E-state index contributed by atoms with van der Waals surface area (Å²) in [7, 11) is 3.89. The summed E-state index contributed by atoms with van der Waals surface area (Å²) < 4.78 is 1.59. The highest BCUT2D eigenvalue weighted by Crippen LogP contribution is 2.36. The molecule has 1 aliphatic rings. The molecule has 0 bridgehead atoms. The lowest BCUT2D eigenvalue weighted by molar-refractivity contribution is -0.119. The van der Waals surface area contributed by atoms with Crippen molar-refractivity contribution in [1.29, 1.82) is 0 Å². The van der Waals surface area contributed by atoms with Gasteiger partial charge in [0.05, 0.1) is 11.9 Å². The summed E-state index contributed by atoms with van der Waals surface area (Å²) in [6, 6.07) is 6.99. The number of aryl methyl sites for hydroxylation is 2. The van der Waals surface area contributed by atoms with E-state index in [0.717, 1.165) is 40.9 Å². The number of hydrogen-bond acceptors (Lipinski definition) is 5. The van der Waals surface area contributed by atoms with Gasteiger partial charge in [0.15, 0.2) is 0 Å². The number of carbonyl (C=O) groups excluding carboxylic acids is 1. The molecule has 0 saturated heterocycles. The van der Waals surface area contributed by atoms with E-state index in [1.807, 2.05) is 50.2 Å². The second-order valence-electron chi connectivity index (χ2n) is 9.00. The molecule has 2 atom stereocenters. The Kier molecular flexibility index (Phi) is 5.99. The van der Waals surface area contributed by atoms with E-state index in [4.69, 9.17) is 4.98 Å². The van der Waals surface area contributed by atoms with Crippen molar-refractivity contribution < 1.29 is 4.79 Å². The van der Waals surface area contributed by atoms with Crippen LogP contribution in [0.2, 0.25) is 0 Å². The molecule has 2 aromatic heterocycles. The third kappa shape index (κ3) is 4.29. The fourth-order valence-corrected chi connectivity index (χ4v) is 5.63.